The minimum atomic E-state index is -4.27. The Balaban J connectivity index is 2.08. The lowest BCUT2D eigenvalue weighted by atomic mass is 9.57. The molecule has 2 fully saturated rings. The fourth-order valence-corrected chi connectivity index (χ4v) is 9.82. The lowest BCUT2D eigenvalue weighted by Gasteiger charge is -2.32. The van der Waals surface area contributed by atoms with Crippen LogP contribution in [0.2, 0.25) is 24.3 Å². The summed E-state index contributed by atoms with van der Waals surface area (Å²) >= 11 is 0. The summed E-state index contributed by atoms with van der Waals surface area (Å²) in [7, 11) is -5.67. The summed E-state index contributed by atoms with van der Waals surface area (Å²) in [6.45, 7) is 10.7. The van der Waals surface area contributed by atoms with E-state index in [-0.39, 0.29) is 18.6 Å². The highest BCUT2D eigenvalue weighted by molar-refractivity contribution is 7.53. The van der Waals surface area contributed by atoms with Crippen molar-refractivity contribution >= 4 is 30.0 Å². The van der Waals surface area contributed by atoms with Gasteiger partial charge in [-0.15, -0.1) is 0 Å². The number of phosphoric ester groups is 1. The molecule has 2 N–H and O–H groups in total. The van der Waals surface area contributed by atoms with Crippen LogP contribution < -0.4 is 0 Å². The molecular formula is C31H64B2O7P2. The van der Waals surface area contributed by atoms with Crippen molar-refractivity contribution in [3.8, 4) is 0 Å². The number of hydrogen-bond donors (Lipinski definition) is 2. The predicted octanol–water partition coefficient (Wildman–Crippen LogP) is 9.32. The van der Waals surface area contributed by atoms with Crippen LogP contribution in [0.25, 0.3) is 0 Å². The molecule has 2 aliphatic rings. The first-order chi connectivity index (χ1) is 20.0. The molecular weight excluding hydrogens is 568 g/mol. The molecule has 2 aliphatic carbocycles. The van der Waals surface area contributed by atoms with Gasteiger partial charge in [0.25, 0.3) is 0 Å². The van der Waals surface area contributed by atoms with Gasteiger partial charge in [0.05, 0.1) is 24.5 Å². The first kappa shape index (κ1) is 38.6. The van der Waals surface area contributed by atoms with Crippen LogP contribution in [0.4, 0.5) is 0 Å². The van der Waals surface area contributed by atoms with Gasteiger partial charge in [-0.05, 0) is 43.9 Å². The third-order valence-electron chi connectivity index (χ3n) is 9.80. The van der Waals surface area contributed by atoms with Crippen LogP contribution in [-0.2, 0) is 22.7 Å². The van der Waals surface area contributed by atoms with Gasteiger partial charge in [-0.2, -0.15) is 0 Å². The Morgan fingerprint density at radius 1 is 0.762 bits per heavy atom. The highest BCUT2D eigenvalue weighted by Crippen LogP contribution is 2.52. The average molecular weight is 632 g/mol. The van der Waals surface area contributed by atoms with Crippen molar-refractivity contribution in [1.82, 2.24) is 0 Å². The Labute approximate surface area is 260 Å². The van der Waals surface area contributed by atoms with E-state index in [0.29, 0.717) is 36.8 Å². The third-order valence-corrected chi connectivity index (χ3v) is 12.8. The molecule has 0 saturated heterocycles. The largest absolute Gasteiger partial charge is 0.472 e. The van der Waals surface area contributed by atoms with Crippen LogP contribution in [0.1, 0.15) is 137 Å². The number of unbranched alkanes of at least 4 members (excludes halogenated alkanes) is 1. The SMILES string of the molecule is CCBC1CCCC(CCC)CC(OP(=O)(O)OC2CCCC(BCC)CC(COP(=O)(O)C(C)CCCC)C2)CC1. The van der Waals surface area contributed by atoms with Gasteiger partial charge in [0.15, 0.2) is 0 Å². The van der Waals surface area contributed by atoms with E-state index in [1.54, 1.807) is 6.92 Å². The Bertz CT molecular complexity index is 820. The first-order valence-corrected chi connectivity index (χ1v) is 20.8. The molecule has 11 heteroatoms. The Hall–Kier alpha value is 0.390. The van der Waals surface area contributed by atoms with Crippen molar-refractivity contribution in [3.63, 3.8) is 0 Å². The van der Waals surface area contributed by atoms with Gasteiger partial charge in [0.2, 0.25) is 0 Å². The normalized spacial score (nSPS) is 31.7. The molecule has 0 aromatic rings. The Morgan fingerprint density at radius 3 is 2.05 bits per heavy atom. The number of rotatable bonds is 17. The zero-order valence-electron chi connectivity index (χ0n) is 27.7. The lowest BCUT2D eigenvalue weighted by molar-refractivity contribution is 0.0398. The molecule has 0 aromatic heterocycles. The fourth-order valence-electron chi connectivity index (χ4n) is 7.45. The van der Waals surface area contributed by atoms with Crippen LogP contribution in [0.15, 0.2) is 0 Å². The maximum absolute atomic E-state index is 13.5. The van der Waals surface area contributed by atoms with Crippen molar-refractivity contribution in [2.45, 2.75) is 179 Å². The van der Waals surface area contributed by atoms with Crippen LogP contribution >= 0.6 is 15.4 Å². The molecule has 0 radical (unpaired) electrons. The van der Waals surface area contributed by atoms with Gasteiger partial charge in [-0.25, -0.2) is 4.57 Å². The topological polar surface area (TPSA) is 102 Å². The van der Waals surface area contributed by atoms with E-state index in [2.05, 4.69) is 27.7 Å². The molecule has 246 valence electrons. The third kappa shape index (κ3) is 15.1. The van der Waals surface area contributed by atoms with Gasteiger partial charge < -0.3 is 14.3 Å². The summed E-state index contributed by atoms with van der Waals surface area (Å²) in [5.74, 6) is 1.71. The Morgan fingerprint density at radius 2 is 1.38 bits per heavy atom. The molecule has 42 heavy (non-hydrogen) atoms. The maximum atomic E-state index is 13.5. The maximum Gasteiger partial charge on any atom is 0.472 e. The molecule has 0 bridgehead atoms. The van der Waals surface area contributed by atoms with Crippen LogP contribution in [0, 0.1) is 11.8 Å². The average Bonchev–Trinajstić information content (AvgIpc) is 2.99. The van der Waals surface area contributed by atoms with Gasteiger partial charge >= 0.3 is 15.4 Å². The van der Waals surface area contributed by atoms with E-state index >= 15 is 0 Å². The zero-order chi connectivity index (χ0) is 31.0. The molecule has 7 nitrogen and oxygen atoms in total. The van der Waals surface area contributed by atoms with Crippen molar-refractivity contribution in [2.24, 2.45) is 11.8 Å². The summed E-state index contributed by atoms with van der Waals surface area (Å²) in [4.78, 5) is 21.7. The smallest absolute Gasteiger partial charge is 0.324 e. The molecule has 0 spiro atoms. The van der Waals surface area contributed by atoms with Crippen molar-refractivity contribution in [1.29, 1.82) is 0 Å². The second-order valence-electron chi connectivity index (χ2n) is 13.8. The molecule has 0 amide bonds. The second-order valence-corrected chi connectivity index (χ2v) is 17.4. The van der Waals surface area contributed by atoms with E-state index in [0.717, 1.165) is 77.8 Å². The van der Waals surface area contributed by atoms with E-state index in [1.165, 1.54) is 32.9 Å². The van der Waals surface area contributed by atoms with Crippen LogP contribution in [-0.4, -0.2) is 48.8 Å². The van der Waals surface area contributed by atoms with E-state index in [9.17, 15) is 18.9 Å². The summed E-state index contributed by atoms with van der Waals surface area (Å²) in [5, 5.41) is 0. The van der Waals surface area contributed by atoms with Crippen molar-refractivity contribution < 1.29 is 32.5 Å². The quantitative estimate of drug-likeness (QED) is 0.122. The molecule has 2 saturated carbocycles. The van der Waals surface area contributed by atoms with Crippen LogP contribution in [0.3, 0.4) is 0 Å². The molecule has 0 heterocycles. The predicted molar refractivity (Wildman–Crippen MR) is 180 cm³/mol. The van der Waals surface area contributed by atoms with Gasteiger partial charge in [0, 0.05) is 0 Å². The van der Waals surface area contributed by atoms with Crippen molar-refractivity contribution in [2.75, 3.05) is 6.61 Å². The molecule has 2 rings (SSSR count). The molecule has 9 atom stereocenters. The second kappa shape index (κ2) is 20.5. The summed E-state index contributed by atoms with van der Waals surface area (Å²) < 4.78 is 44.1. The first-order valence-electron chi connectivity index (χ1n) is 17.7. The highest BCUT2D eigenvalue weighted by Gasteiger charge is 2.36. The minimum absolute atomic E-state index is 0.000609. The van der Waals surface area contributed by atoms with Crippen LogP contribution in [0.5, 0.6) is 0 Å². The Kier molecular flexibility index (Phi) is 18.8. The summed E-state index contributed by atoms with van der Waals surface area (Å²) in [6, 6.07) is 0. The van der Waals surface area contributed by atoms with E-state index in [1.807, 2.05) is 0 Å². The number of hydrogen-bond acceptors (Lipinski definition) is 5. The highest BCUT2D eigenvalue weighted by atomic mass is 31.2. The zero-order valence-corrected chi connectivity index (χ0v) is 29.5. The van der Waals surface area contributed by atoms with E-state index in [4.69, 9.17) is 13.6 Å². The van der Waals surface area contributed by atoms with E-state index < -0.39 is 27.2 Å². The summed E-state index contributed by atoms with van der Waals surface area (Å²) in [5.41, 5.74) is -0.392. The number of phosphoric acid groups is 1. The standard InChI is InChI=1S/C31H64B2O7P2/c1-6-10-14-25(5)41(34,35)38-24-27-21-29(33-9-4)17-12-18-30(23-27)39-42(36,37)40-31-20-19-28(32-8-3)16-11-15-26(22-31)13-7-2/h25-33H,6-24H2,1-5H3,(H,34,35)(H,36,37). The molecule has 0 aliphatic heterocycles. The summed E-state index contributed by atoms with van der Waals surface area (Å²) in [6.07, 6.45) is 16.8. The van der Waals surface area contributed by atoms with Gasteiger partial charge in [-0.1, -0.05) is 130 Å². The molecule has 0 aromatic carbocycles. The molecule has 9 unspecified atom stereocenters. The van der Waals surface area contributed by atoms with Crippen molar-refractivity contribution in [3.05, 3.63) is 0 Å². The van der Waals surface area contributed by atoms with Gasteiger partial charge in [0.1, 0.15) is 14.6 Å². The monoisotopic (exact) mass is 632 g/mol. The fraction of sp³-hybridized carbons (Fsp3) is 1.00. The minimum Gasteiger partial charge on any atom is -0.324 e. The lowest BCUT2D eigenvalue weighted by Crippen LogP contribution is -2.26. The van der Waals surface area contributed by atoms with Gasteiger partial charge in [-0.3, -0.25) is 13.6 Å².